The molecule has 0 N–H and O–H groups in total. The molecule has 5 rings (SSSR count). The molecule has 0 atom stereocenters. The van der Waals surface area contributed by atoms with Crippen molar-refractivity contribution in [3.8, 4) is 16.9 Å². The number of hydrogen-bond acceptors (Lipinski definition) is 4. The Labute approximate surface area is 211 Å². The van der Waals surface area contributed by atoms with E-state index in [0.717, 1.165) is 33.6 Å². The monoisotopic (exact) mass is 557 g/mol. The Morgan fingerprint density at radius 1 is 0.765 bits per heavy atom. The van der Waals surface area contributed by atoms with Crippen LogP contribution in [0.2, 0.25) is 0 Å². The van der Waals surface area contributed by atoms with Crippen LogP contribution in [0.1, 0.15) is 16.7 Å². The molecule has 1 aliphatic heterocycles. The number of ether oxygens (including phenoxy) is 2. The molecular weight excluding hydrogens is 537 g/mol. The number of halogens is 1. The molecule has 4 nitrogen and oxygen atoms in total. The number of benzene rings is 4. The zero-order valence-corrected chi connectivity index (χ0v) is 20.3. The van der Waals surface area contributed by atoms with Crippen LogP contribution in [0, 0.1) is 3.57 Å². The smallest absolute Gasteiger partial charge is 0.363 e. The first-order chi connectivity index (χ1) is 16.7. The van der Waals surface area contributed by atoms with Crippen molar-refractivity contribution in [1.82, 2.24) is 0 Å². The van der Waals surface area contributed by atoms with E-state index in [1.165, 1.54) is 3.57 Å². The lowest BCUT2D eigenvalue weighted by atomic mass is 10.0. The maximum atomic E-state index is 12.4. The molecule has 1 aliphatic rings. The van der Waals surface area contributed by atoms with Gasteiger partial charge in [0.2, 0.25) is 5.90 Å². The van der Waals surface area contributed by atoms with Crippen LogP contribution >= 0.6 is 22.6 Å². The van der Waals surface area contributed by atoms with Gasteiger partial charge in [0.05, 0.1) is 0 Å². The zero-order chi connectivity index (χ0) is 23.3. The van der Waals surface area contributed by atoms with Crippen LogP contribution in [0.25, 0.3) is 17.2 Å². The normalized spacial score (nSPS) is 14.1. The van der Waals surface area contributed by atoms with Gasteiger partial charge in [-0.2, -0.15) is 0 Å². The van der Waals surface area contributed by atoms with Gasteiger partial charge in [0.25, 0.3) is 0 Å². The van der Waals surface area contributed by atoms with Gasteiger partial charge in [0, 0.05) is 14.7 Å². The van der Waals surface area contributed by atoms with Gasteiger partial charge in [-0.05, 0) is 75.7 Å². The molecule has 0 saturated heterocycles. The molecule has 0 aromatic heterocycles. The highest BCUT2D eigenvalue weighted by Crippen LogP contribution is 2.24. The van der Waals surface area contributed by atoms with Crippen LogP contribution in [0.5, 0.6) is 5.75 Å². The highest BCUT2D eigenvalue weighted by molar-refractivity contribution is 14.1. The van der Waals surface area contributed by atoms with Crippen molar-refractivity contribution in [3.63, 3.8) is 0 Å². The van der Waals surface area contributed by atoms with Gasteiger partial charge in [-0.3, -0.25) is 0 Å². The molecule has 0 aliphatic carbocycles. The second-order valence-corrected chi connectivity index (χ2v) is 8.89. The van der Waals surface area contributed by atoms with Gasteiger partial charge >= 0.3 is 5.97 Å². The van der Waals surface area contributed by atoms with Gasteiger partial charge < -0.3 is 9.47 Å². The molecule has 0 amide bonds. The van der Waals surface area contributed by atoms with Gasteiger partial charge in [-0.1, -0.05) is 72.8 Å². The van der Waals surface area contributed by atoms with Gasteiger partial charge in [0.1, 0.15) is 12.4 Å². The minimum absolute atomic E-state index is 0.273. The lowest BCUT2D eigenvalue weighted by Gasteiger charge is -2.08. The van der Waals surface area contributed by atoms with Crippen LogP contribution in [0.4, 0.5) is 0 Å². The predicted octanol–water partition coefficient (Wildman–Crippen LogP) is 6.88. The van der Waals surface area contributed by atoms with E-state index in [0.29, 0.717) is 12.5 Å². The van der Waals surface area contributed by atoms with E-state index >= 15 is 0 Å². The molecule has 0 radical (unpaired) electrons. The first-order valence-electron chi connectivity index (χ1n) is 10.8. The van der Waals surface area contributed by atoms with E-state index in [1.807, 2.05) is 78.9 Å². The summed E-state index contributed by atoms with van der Waals surface area (Å²) in [5.41, 5.74) is 5.24. The first kappa shape index (κ1) is 22.1. The topological polar surface area (TPSA) is 47.9 Å². The Morgan fingerprint density at radius 3 is 2.15 bits per heavy atom. The lowest BCUT2D eigenvalue weighted by molar-refractivity contribution is -0.129. The summed E-state index contributed by atoms with van der Waals surface area (Å²) >= 11 is 2.30. The van der Waals surface area contributed by atoms with Crippen molar-refractivity contribution in [1.29, 1.82) is 0 Å². The number of cyclic esters (lactones) is 1. The van der Waals surface area contributed by atoms with Crippen LogP contribution in [0.15, 0.2) is 114 Å². The molecule has 0 unspecified atom stereocenters. The Kier molecular flexibility index (Phi) is 6.53. The van der Waals surface area contributed by atoms with E-state index < -0.39 is 5.97 Å². The Hall–Kier alpha value is -3.71. The number of aliphatic imine (C=N–C) groups is 1. The minimum atomic E-state index is -0.457. The third-order valence-electron chi connectivity index (χ3n) is 5.40. The predicted molar refractivity (Wildman–Crippen MR) is 142 cm³/mol. The van der Waals surface area contributed by atoms with E-state index in [1.54, 1.807) is 6.08 Å². The van der Waals surface area contributed by atoms with E-state index in [-0.39, 0.29) is 5.70 Å². The lowest BCUT2D eigenvalue weighted by Crippen LogP contribution is -2.05. The van der Waals surface area contributed by atoms with Crippen molar-refractivity contribution in [3.05, 3.63) is 129 Å². The number of esters is 1. The summed E-state index contributed by atoms with van der Waals surface area (Å²) in [6.45, 7) is 0.503. The highest BCUT2D eigenvalue weighted by Gasteiger charge is 2.24. The highest BCUT2D eigenvalue weighted by atomic mass is 127. The molecule has 0 saturated carbocycles. The minimum Gasteiger partial charge on any atom is -0.489 e. The van der Waals surface area contributed by atoms with Crippen molar-refractivity contribution in [2.75, 3.05) is 0 Å². The molecule has 0 spiro atoms. The number of carbonyl (C=O) groups excluding carboxylic acids is 1. The zero-order valence-electron chi connectivity index (χ0n) is 18.1. The summed E-state index contributed by atoms with van der Waals surface area (Å²) < 4.78 is 12.5. The molecule has 0 bridgehead atoms. The third-order valence-corrected chi connectivity index (χ3v) is 6.45. The maximum Gasteiger partial charge on any atom is 0.363 e. The molecule has 34 heavy (non-hydrogen) atoms. The average molecular weight is 557 g/mol. The molecule has 1 heterocycles. The summed E-state index contributed by atoms with van der Waals surface area (Å²) in [5, 5.41) is 0. The number of nitrogens with zero attached hydrogens (tertiary/aromatic N) is 1. The summed E-state index contributed by atoms with van der Waals surface area (Å²) in [6, 6.07) is 33.6. The van der Waals surface area contributed by atoms with Crippen LogP contribution in [-0.2, 0) is 16.1 Å². The molecule has 5 heteroatoms. The largest absolute Gasteiger partial charge is 0.489 e. The van der Waals surface area contributed by atoms with Crippen molar-refractivity contribution in [2.24, 2.45) is 4.99 Å². The second kappa shape index (κ2) is 10.1. The summed E-state index contributed by atoms with van der Waals surface area (Å²) in [4.78, 5) is 16.8. The van der Waals surface area contributed by atoms with Crippen LogP contribution < -0.4 is 4.74 Å². The summed E-state index contributed by atoms with van der Waals surface area (Å²) in [7, 11) is 0. The standard InChI is InChI=1S/C29H20INO3/c30-26-9-5-4-8-24(26)19-33-25-16-10-20(11-17-25)18-27-29(32)34-28(31-27)23-14-12-22(13-15-23)21-6-2-1-3-7-21/h1-18H,19H2/b27-18-. The van der Waals surface area contributed by atoms with Crippen LogP contribution in [0.3, 0.4) is 0 Å². The van der Waals surface area contributed by atoms with Crippen molar-refractivity contribution < 1.29 is 14.3 Å². The molecule has 0 fully saturated rings. The third kappa shape index (κ3) is 5.10. The number of carbonyl (C=O) groups is 1. The van der Waals surface area contributed by atoms with Gasteiger partial charge in [0.15, 0.2) is 5.70 Å². The van der Waals surface area contributed by atoms with Crippen molar-refractivity contribution >= 4 is 40.5 Å². The van der Waals surface area contributed by atoms with Crippen molar-refractivity contribution in [2.45, 2.75) is 6.61 Å². The Morgan fingerprint density at radius 2 is 1.41 bits per heavy atom. The van der Waals surface area contributed by atoms with E-state index in [9.17, 15) is 4.79 Å². The number of hydrogen-bond donors (Lipinski definition) is 0. The first-order valence-corrected chi connectivity index (χ1v) is 11.9. The van der Waals surface area contributed by atoms with E-state index in [2.05, 4.69) is 51.8 Å². The van der Waals surface area contributed by atoms with E-state index in [4.69, 9.17) is 9.47 Å². The fraction of sp³-hybridized carbons (Fsp3) is 0.0345. The maximum absolute atomic E-state index is 12.4. The molecule has 4 aromatic rings. The van der Waals surface area contributed by atoms with Gasteiger partial charge in [-0.15, -0.1) is 0 Å². The fourth-order valence-electron chi connectivity index (χ4n) is 3.56. The Bertz CT molecular complexity index is 1380. The Balaban J connectivity index is 1.28. The summed E-state index contributed by atoms with van der Waals surface area (Å²) in [5.74, 6) is 0.618. The fourth-order valence-corrected chi connectivity index (χ4v) is 4.11. The number of rotatable bonds is 6. The molecule has 166 valence electrons. The van der Waals surface area contributed by atoms with Gasteiger partial charge in [-0.25, -0.2) is 9.79 Å². The second-order valence-electron chi connectivity index (χ2n) is 7.73. The van der Waals surface area contributed by atoms with Crippen LogP contribution in [-0.4, -0.2) is 11.9 Å². The molecule has 4 aromatic carbocycles. The SMILES string of the molecule is O=C1OC(c2ccc(-c3ccccc3)cc2)=N/C1=C\c1ccc(OCc2ccccc2I)cc1. The average Bonchev–Trinajstić information content (AvgIpc) is 3.25. The summed E-state index contributed by atoms with van der Waals surface area (Å²) in [6.07, 6.45) is 1.72. The molecular formula is C29H20INO3. The quantitative estimate of drug-likeness (QED) is 0.148.